The molecule has 0 spiro atoms. The lowest BCUT2D eigenvalue weighted by Crippen LogP contribution is -2.25. The van der Waals surface area contributed by atoms with Gasteiger partial charge in [0.1, 0.15) is 5.78 Å². The normalized spacial score (nSPS) is 16.4. The standard InChI is InChI=1S/C12H11F3O3S/c13-12(14,15)19(17,18)11-4-2-1-3-9(11)7-10(16)8-5-6-8/h1-4,8H,5-7H2. The highest BCUT2D eigenvalue weighted by atomic mass is 32.2. The summed E-state index contributed by atoms with van der Waals surface area (Å²) in [6, 6.07) is 4.77. The zero-order chi connectivity index (χ0) is 14.3. The molecule has 0 heterocycles. The van der Waals surface area contributed by atoms with E-state index in [9.17, 15) is 26.4 Å². The number of rotatable bonds is 4. The quantitative estimate of drug-likeness (QED) is 0.856. The highest BCUT2D eigenvalue weighted by molar-refractivity contribution is 7.92. The third-order valence-corrected chi connectivity index (χ3v) is 4.55. The van der Waals surface area contributed by atoms with E-state index in [-0.39, 0.29) is 23.7 Å². The minimum Gasteiger partial charge on any atom is -0.299 e. The van der Waals surface area contributed by atoms with Gasteiger partial charge in [0.25, 0.3) is 9.84 Å². The summed E-state index contributed by atoms with van der Waals surface area (Å²) >= 11 is 0. The summed E-state index contributed by atoms with van der Waals surface area (Å²) in [6.07, 6.45) is 1.19. The maximum atomic E-state index is 12.5. The van der Waals surface area contributed by atoms with Crippen LogP contribution in [0.25, 0.3) is 0 Å². The molecular weight excluding hydrogens is 281 g/mol. The Labute approximate surface area is 108 Å². The number of benzene rings is 1. The summed E-state index contributed by atoms with van der Waals surface area (Å²) in [5.41, 5.74) is -5.44. The fourth-order valence-electron chi connectivity index (χ4n) is 1.77. The number of carbonyl (C=O) groups is 1. The summed E-state index contributed by atoms with van der Waals surface area (Å²) in [6.45, 7) is 0. The molecule has 0 N–H and O–H groups in total. The van der Waals surface area contributed by atoms with Crippen LogP contribution >= 0.6 is 0 Å². The number of ketones is 1. The second-order valence-electron chi connectivity index (χ2n) is 4.47. The van der Waals surface area contributed by atoms with Gasteiger partial charge >= 0.3 is 5.51 Å². The molecule has 19 heavy (non-hydrogen) atoms. The van der Waals surface area contributed by atoms with Crippen LogP contribution in [0.5, 0.6) is 0 Å². The Morgan fingerprint density at radius 1 is 1.21 bits per heavy atom. The van der Waals surface area contributed by atoms with E-state index in [4.69, 9.17) is 0 Å². The van der Waals surface area contributed by atoms with Gasteiger partial charge in [-0.15, -0.1) is 0 Å². The maximum Gasteiger partial charge on any atom is 0.501 e. The van der Waals surface area contributed by atoms with Crippen LogP contribution in [0.3, 0.4) is 0 Å². The third kappa shape index (κ3) is 2.80. The molecule has 1 aromatic carbocycles. The van der Waals surface area contributed by atoms with Crippen LogP contribution in [-0.4, -0.2) is 19.7 Å². The molecular formula is C12H11F3O3S. The Bertz CT molecular complexity index is 601. The lowest BCUT2D eigenvalue weighted by molar-refractivity contribution is -0.119. The number of carbonyl (C=O) groups excluding carboxylic acids is 1. The van der Waals surface area contributed by atoms with Gasteiger partial charge in [-0.1, -0.05) is 18.2 Å². The van der Waals surface area contributed by atoms with E-state index in [1.807, 2.05) is 0 Å². The van der Waals surface area contributed by atoms with Crippen molar-refractivity contribution in [3.8, 4) is 0 Å². The minimum atomic E-state index is -5.41. The molecule has 1 aromatic rings. The molecule has 0 amide bonds. The highest BCUT2D eigenvalue weighted by Gasteiger charge is 2.48. The van der Waals surface area contributed by atoms with Crippen LogP contribution in [0, 0.1) is 5.92 Å². The fourth-order valence-corrected chi connectivity index (χ4v) is 2.77. The van der Waals surface area contributed by atoms with Crippen LogP contribution < -0.4 is 0 Å². The Morgan fingerprint density at radius 2 is 1.79 bits per heavy atom. The predicted molar refractivity (Wildman–Crippen MR) is 61.1 cm³/mol. The van der Waals surface area contributed by atoms with Crippen molar-refractivity contribution >= 4 is 15.6 Å². The van der Waals surface area contributed by atoms with Gasteiger partial charge in [0, 0.05) is 12.3 Å². The predicted octanol–water partition coefficient (Wildman–Crippen LogP) is 2.50. The fraction of sp³-hybridized carbons (Fsp3) is 0.417. The summed E-state index contributed by atoms with van der Waals surface area (Å²) in [4.78, 5) is 10.8. The Balaban J connectivity index is 2.38. The van der Waals surface area contributed by atoms with Crippen LogP contribution in [0.15, 0.2) is 29.2 Å². The van der Waals surface area contributed by atoms with Crippen molar-refractivity contribution in [1.82, 2.24) is 0 Å². The number of sulfone groups is 1. The van der Waals surface area contributed by atoms with Crippen molar-refractivity contribution in [3.05, 3.63) is 29.8 Å². The Morgan fingerprint density at radius 3 is 2.32 bits per heavy atom. The molecule has 0 saturated heterocycles. The number of hydrogen-bond acceptors (Lipinski definition) is 3. The van der Waals surface area contributed by atoms with Gasteiger partial charge in [-0.05, 0) is 24.5 Å². The van der Waals surface area contributed by atoms with Gasteiger partial charge in [-0.3, -0.25) is 4.79 Å². The van der Waals surface area contributed by atoms with Crippen molar-refractivity contribution in [2.75, 3.05) is 0 Å². The first-order valence-electron chi connectivity index (χ1n) is 5.65. The van der Waals surface area contributed by atoms with E-state index < -0.39 is 20.2 Å². The van der Waals surface area contributed by atoms with Gasteiger partial charge in [0.2, 0.25) is 0 Å². The Hall–Kier alpha value is -1.37. The lowest BCUT2D eigenvalue weighted by atomic mass is 10.1. The number of alkyl halides is 3. The monoisotopic (exact) mass is 292 g/mol. The van der Waals surface area contributed by atoms with Crippen molar-refractivity contribution in [1.29, 1.82) is 0 Å². The zero-order valence-corrected chi connectivity index (χ0v) is 10.6. The smallest absolute Gasteiger partial charge is 0.299 e. The van der Waals surface area contributed by atoms with E-state index in [0.29, 0.717) is 0 Å². The maximum absolute atomic E-state index is 12.5. The van der Waals surface area contributed by atoms with E-state index in [1.165, 1.54) is 18.2 Å². The molecule has 104 valence electrons. The van der Waals surface area contributed by atoms with Crippen LogP contribution in [-0.2, 0) is 21.1 Å². The molecule has 0 aromatic heterocycles. The van der Waals surface area contributed by atoms with Crippen LogP contribution in [0.4, 0.5) is 13.2 Å². The van der Waals surface area contributed by atoms with Crippen LogP contribution in [0.1, 0.15) is 18.4 Å². The first-order valence-corrected chi connectivity index (χ1v) is 7.14. The van der Waals surface area contributed by atoms with Gasteiger partial charge in [0.05, 0.1) is 4.90 Å². The second-order valence-corrected chi connectivity index (χ2v) is 6.38. The summed E-state index contributed by atoms with van der Waals surface area (Å²) in [5, 5.41) is 0. The zero-order valence-electron chi connectivity index (χ0n) is 9.77. The van der Waals surface area contributed by atoms with Crippen molar-refractivity contribution < 1.29 is 26.4 Å². The third-order valence-electron chi connectivity index (χ3n) is 2.96. The van der Waals surface area contributed by atoms with Gasteiger partial charge in [-0.25, -0.2) is 8.42 Å². The molecule has 1 aliphatic carbocycles. The van der Waals surface area contributed by atoms with Gasteiger partial charge < -0.3 is 0 Å². The molecule has 0 unspecified atom stereocenters. The highest BCUT2D eigenvalue weighted by Crippen LogP contribution is 2.34. The van der Waals surface area contributed by atoms with Crippen molar-refractivity contribution in [2.45, 2.75) is 29.7 Å². The molecule has 0 aliphatic heterocycles. The molecule has 0 radical (unpaired) electrons. The van der Waals surface area contributed by atoms with Crippen LogP contribution in [0.2, 0.25) is 0 Å². The van der Waals surface area contributed by atoms with E-state index >= 15 is 0 Å². The summed E-state index contributed by atoms with van der Waals surface area (Å²) < 4.78 is 60.4. The molecule has 0 bridgehead atoms. The first kappa shape index (κ1) is 14.0. The van der Waals surface area contributed by atoms with Crippen molar-refractivity contribution in [3.63, 3.8) is 0 Å². The van der Waals surface area contributed by atoms with E-state index in [2.05, 4.69) is 0 Å². The summed E-state index contributed by atoms with van der Waals surface area (Å²) in [7, 11) is -5.41. The van der Waals surface area contributed by atoms with Gasteiger partial charge in [-0.2, -0.15) is 13.2 Å². The van der Waals surface area contributed by atoms with E-state index in [0.717, 1.165) is 18.9 Å². The van der Waals surface area contributed by atoms with Gasteiger partial charge in [0.15, 0.2) is 0 Å². The lowest BCUT2D eigenvalue weighted by Gasteiger charge is -2.12. The minimum absolute atomic E-state index is 0.0864. The second kappa shape index (κ2) is 4.63. The summed E-state index contributed by atoms with van der Waals surface area (Å²) in [5.74, 6) is -0.327. The topological polar surface area (TPSA) is 51.2 Å². The largest absolute Gasteiger partial charge is 0.501 e. The molecule has 3 nitrogen and oxygen atoms in total. The van der Waals surface area contributed by atoms with Crippen molar-refractivity contribution in [2.24, 2.45) is 5.92 Å². The molecule has 1 aliphatic rings. The molecule has 7 heteroatoms. The number of Topliss-reactive ketones (excluding diaryl/α,β-unsaturated/α-hetero) is 1. The first-order chi connectivity index (χ1) is 8.73. The average molecular weight is 292 g/mol. The Kier molecular flexibility index (Phi) is 3.42. The number of hydrogen-bond donors (Lipinski definition) is 0. The molecule has 1 saturated carbocycles. The SMILES string of the molecule is O=C(Cc1ccccc1S(=O)(=O)C(F)(F)F)C1CC1. The molecule has 1 fully saturated rings. The molecule has 0 atom stereocenters. The average Bonchev–Trinajstić information content (AvgIpc) is 3.11. The number of halogens is 3. The van der Waals surface area contributed by atoms with E-state index in [1.54, 1.807) is 0 Å². The molecule has 2 rings (SSSR count).